The molecule has 3 N–H and O–H groups in total. The largest absolute Gasteiger partial charge is 0.399 e. The fourth-order valence-corrected chi connectivity index (χ4v) is 4.02. The average molecular weight is 270 g/mol. The quantitative estimate of drug-likeness (QED) is 0.773. The van der Waals surface area contributed by atoms with Crippen molar-refractivity contribution in [2.75, 3.05) is 18.8 Å². The lowest BCUT2D eigenvalue weighted by atomic mass is 10.1. The summed E-state index contributed by atoms with van der Waals surface area (Å²) < 4.78 is 26.2. The number of nitrogens with two attached hydrogens (primary N) is 1. The van der Waals surface area contributed by atoms with Gasteiger partial charge in [0.05, 0.1) is 11.0 Å². The van der Waals surface area contributed by atoms with E-state index in [4.69, 9.17) is 5.73 Å². The summed E-state index contributed by atoms with van der Waals surface area (Å²) in [6.45, 7) is 4.13. The van der Waals surface area contributed by atoms with Crippen LogP contribution in [0.15, 0.2) is 17.0 Å². The summed E-state index contributed by atoms with van der Waals surface area (Å²) in [7, 11) is -3.55. The highest BCUT2D eigenvalue weighted by atomic mass is 32.2. The van der Waals surface area contributed by atoms with Gasteiger partial charge in [0.15, 0.2) is 0 Å². The second kappa shape index (κ2) is 4.53. The predicted octanol–water partition coefficient (Wildman–Crippen LogP) is 0.641. The van der Waals surface area contributed by atoms with E-state index in [0.717, 1.165) is 5.56 Å². The molecule has 5 nitrogen and oxygen atoms in total. The van der Waals surface area contributed by atoms with Crippen LogP contribution in [0.3, 0.4) is 0 Å². The standard InChI is InChI=1S/C12H18N2O3S/c1-8-5-10(13)6-12(9(8)2)18(16,17)14-4-3-11(15)7-14/h5-6,11,15H,3-4,7,13H2,1-2H3/t11-/m1/s1. The third-order valence-electron chi connectivity index (χ3n) is 3.39. The summed E-state index contributed by atoms with van der Waals surface area (Å²) in [5, 5.41) is 9.46. The summed E-state index contributed by atoms with van der Waals surface area (Å²) in [4.78, 5) is 0.245. The molecule has 1 saturated heterocycles. The molecule has 1 fully saturated rings. The van der Waals surface area contributed by atoms with E-state index < -0.39 is 16.1 Å². The van der Waals surface area contributed by atoms with Crippen LogP contribution in [0, 0.1) is 13.8 Å². The molecule has 0 bridgehead atoms. The van der Waals surface area contributed by atoms with Crippen LogP contribution in [0.2, 0.25) is 0 Å². The van der Waals surface area contributed by atoms with Crippen molar-refractivity contribution in [3.63, 3.8) is 0 Å². The molecule has 0 saturated carbocycles. The van der Waals surface area contributed by atoms with E-state index in [-0.39, 0.29) is 11.4 Å². The van der Waals surface area contributed by atoms with Gasteiger partial charge in [0.25, 0.3) is 0 Å². The summed E-state index contributed by atoms with van der Waals surface area (Å²) in [5.74, 6) is 0. The smallest absolute Gasteiger partial charge is 0.243 e. The van der Waals surface area contributed by atoms with E-state index in [1.807, 2.05) is 6.92 Å². The first kappa shape index (κ1) is 13.3. The summed E-state index contributed by atoms with van der Waals surface area (Å²) in [5.41, 5.74) is 7.73. The molecule has 100 valence electrons. The molecule has 2 rings (SSSR count). The molecular formula is C12H18N2O3S. The lowest BCUT2D eigenvalue weighted by molar-refractivity contribution is 0.189. The van der Waals surface area contributed by atoms with Gasteiger partial charge in [-0.1, -0.05) is 0 Å². The number of sulfonamides is 1. The van der Waals surface area contributed by atoms with E-state index in [9.17, 15) is 13.5 Å². The van der Waals surface area contributed by atoms with Gasteiger partial charge in [-0.25, -0.2) is 8.42 Å². The number of nitrogen functional groups attached to an aromatic ring is 1. The van der Waals surface area contributed by atoms with Crippen molar-refractivity contribution in [3.8, 4) is 0 Å². The topological polar surface area (TPSA) is 83.6 Å². The molecule has 6 heteroatoms. The predicted molar refractivity (Wildman–Crippen MR) is 69.7 cm³/mol. The van der Waals surface area contributed by atoms with Gasteiger partial charge in [-0.15, -0.1) is 0 Å². The maximum Gasteiger partial charge on any atom is 0.243 e. The van der Waals surface area contributed by atoms with Gasteiger partial charge in [-0.05, 0) is 43.5 Å². The van der Waals surface area contributed by atoms with Crippen molar-refractivity contribution < 1.29 is 13.5 Å². The van der Waals surface area contributed by atoms with E-state index in [2.05, 4.69) is 0 Å². The fourth-order valence-electron chi connectivity index (χ4n) is 2.19. The number of β-amino-alcohol motifs (C(OH)–C–C–N with tert-alkyl or cyclic N) is 1. The number of aliphatic hydroxyl groups excluding tert-OH is 1. The number of hydrogen-bond donors (Lipinski definition) is 2. The van der Waals surface area contributed by atoms with Crippen molar-refractivity contribution in [2.45, 2.75) is 31.3 Å². The Morgan fingerprint density at radius 2 is 2.06 bits per heavy atom. The van der Waals surface area contributed by atoms with Gasteiger partial charge in [-0.2, -0.15) is 4.31 Å². The second-order valence-electron chi connectivity index (χ2n) is 4.77. The Hall–Kier alpha value is -1.11. The molecule has 1 aromatic rings. The van der Waals surface area contributed by atoms with E-state index >= 15 is 0 Å². The van der Waals surface area contributed by atoms with Gasteiger partial charge >= 0.3 is 0 Å². The zero-order valence-electron chi connectivity index (χ0n) is 10.5. The Morgan fingerprint density at radius 3 is 2.61 bits per heavy atom. The molecule has 1 aliphatic heterocycles. The van der Waals surface area contributed by atoms with Crippen LogP contribution in [0.1, 0.15) is 17.5 Å². The van der Waals surface area contributed by atoms with Crippen molar-refractivity contribution >= 4 is 15.7 Å². The van der Waals surface area contributed by atoms with Gasteiger partial charge < -0.3 is 10.8 Å². The van der Waals surface area contributed by atoms with Crippen LogP contribution < -0.4 is 5.73 Å². The average Bonchev–Trinajstić information content (AvgIpc) is 2.70. The van der Waals surface area contributed by atoms with Crippen molar-refractivity contribution in [3.05, 3.63) is 23.3 Å². The van der Waals surface area contributed by atoms with Crippen LogP contribution in [-0.2, 0) is 10.0 Å². The molecule has 1 aliphatic rings. The normalized spacial score (nSPS) is 21.4. The number of aryl methyl sites for hydroxylation is 1. The molecular weight excluding hydrogens is 252 g/mol. The van der Waals surface area contributed by atoms with Crippen molar-refractivity contribution in [2.24, 2.45) is 0 Å². The number of aliphatic hydroxyl groups is 1. The van der Waals surface area contributed by atoms with Gasteiger partial charge in [0, 0.05) is 18.8 Å². The Kier molecular flexibility index (Phi) is 3.35. The minimum absolute atomic E-state index is 0.162. The van der Waals surface area contributed by atoms with Gasteiger partial charge in [-0.3, -0.25) is 0 Å². The number of hydrogen-bond acceptors (Lipinski definition) is 4. The monoisotopic (exact) mass is 270 g/mol. The SMILES string of the molecule is Cc1cc(N)cc(S(=O)(=O)N2CC[C@@H](O)C2)c1C. The molecule has 0 aromatic heterocycles. The zero-order valence-corrected chi connectivity index (χ0v) is 11.4. The Labute approximate surface area is 107 Å². The minimum Gasteiger partial charge on any atom is -0.399 e. The Bertz CT molecular complexity index is 569. The molecule has 1 atom stereocenters. The van der Waals surface area contributed by atoms with Gasteiger partial charge in [0.2, 0.25) is 10.0 Å². The van der Waals surface area contributed by atoms with Gasteiger partial charge in [0.1, 0.15) is 0 Å². The number of anilines is 1. The molecule has 0 aliphatic carbocycles. The minimum atomic E-state index is -3.55. The highest BCUT2D eigenvalue weighted by Crippen LogP contribution is 2.27. The number of nitrogens with zero attached hydrogens (tertiary/aromatic N) is 1. The van der Waals surface area contributed by atoms with Crippen LogP contribution in [0.5, 0.6) is 0 Å². The summed E-state index contributed by atoms with van der Waals surface area (Å²) in [6, 6.07) is 3.25. The first-order chi connectivity index (χ1) is 8.32. The first-order valence-electron chi connectivity index (χ1n) is 5.87. The molecule has 1 heterocycles. The fraction of sp³-hybridized carbons (Fsp3) is 0.500. The highest BCUT2D eigenvalue weighted by molar-refractivity contribution is 7.89. The van der Waals surface area contributed by atoms with E-state index in [1.165, 1.54) is 10.4 Å². The van der Waals surface area contributed by atoms with Crippen LogP contribution in [0.4, 0.5) is 5.69 Å². The maximum absolute atomic E-state index is 12.5. The highest BCUT2D eigenvalue weighted by Gasteiger charge is 2.32. The lowest BCUT2D eigenvalue weighted by Crippen LogP contribution is -2.30. The van der Waals surface area contributed by atoms with Crippen molar-refractivity contribution in [1.82, 2.24) is 4.31 Å². The molecule has 0 amide bonds. The Morgan fingerprint density at radius 1 is 1.39 bits per heavy atom. The molecule has 18 heavy (non-hydrogen) atoms. The molecule has 0 unspecified atom stereocenters. The summed E-state index contributed by atoms with van der Waals surface area (Å²) >= 11 is 0. The zero-order chi connectivity index (χ0) is 13.5. The van der Waals surface area contributed by atoms with Crippen LogP contribution in [-0.4, -0.2) is 37.0 Å². The Balaban J connectivity index is 2.48. The number of rotatable bonds is 2. The third kappa shape index (κ3) is 2.23. The molecule has 0 radical (unpaired) electrons. The van der Waals surface area contributed by atoms with Crippen LogP contribution in [0.25, 0.3) is 0 Å². The van der Waals surface area contributed by atoms with E-state index in [1.54, 1.807) is 13.0 Å². The van der Waals surface area contributed by atoms with Crippen molar-refractivity contribution in [1.29, 1.82) is 0 Å². The number of benzene rings is 1. The third-order valence-corrected chi connectivity index (χ3v) is 5.38. The molecule has 0 spiro atoms. The maximum atomic E-state index is 12.5. The summed E-state index contributed by atoms with van der Waals surface area (Å²) in [6.07, 6.45) is -0.0817. The van der Waals surface area contributed by atoms with E-state index in [0.29, 0.717) is 24.2 Å². The van der Waals surface area contributed by atoms with Crippen LogP contribution >= 0.6 is 0 Å². The second-order valence-corrected chi connectivity index (χ2v) is 6.67. The first-order valence-corrected chi connectivity index (χ1v) is 7.31. The lowest BCUT2D eigenvalue weighted by Gasteiger charge is -2.18. The molecule has 1 aromatic carbocycles.